The number of nitrogens with zero attached hydrogens (tertiary/aromatic N) is 1. The largest absolute Gasteiger partial charge is 0.322 e. The minimum absolute atomic E-state index is 0.105. The van der Waals surface area contributed by atoms with E-state index in [0.29, 0.717) is 37.0 Å². The SMILES string of the molecule is CC1CNCC(NCc2cccc3c2C(=O)N(C2CCC(=O)NC2=O)C3)C1. The second kappa shape index (κ2) is 7.40. The highest BCUT2D eigenvalue weighted by molar-refractivity contribution is 6.05. The number of imide groups is 1. The third-order valence-corrected chi connectivity index (χ3v) is 5.79. The van der Waals surface area contributed by atoms with Gasteiger partial charge in [0.05, 0.1) is 0 Å². The number of nitrogens with one attached hydrogen (secondary N) is 3. The summed E-state index contributed by atoms with van der Waals surface area (Å²) in [5, 5.41) is 9.35. The second-order valence-corrected chi connectivity index (χ2v) is 7.93. The quantitative estimate of drug-likeness (QED) is 0.673. The van der Waals surface area contributed by atoms with Crippen molar-refractivity contribution in [2.75, 3.05) is 13.1 Å². The Morgan fingerprint density at radius 3 is 2.85 bits per heavy atom. The lowest BCUT2D eigenvalue weighted by atomic mass is 9.97. The summed E-state index contributed by atoms with van der Waals surface area (Å²) in [7, 11) is 0. The van der Waals surface area contributed by atoms with Crippen molar-refractivity contribution in [3.8, 4) is 0 Å². The number of rotatable bonds is 4. The molecule has 0 spiro atoms. The Bertz CT molecular complexity index is 778. The highest BCUT2D eigenvalue weighted by atomic mass is 16.2. The van der Waals surface area contributed by atoms with Crippen molar-refractivity contribution in [3.05, 3.63) is 34.9 Å². The van der Waals surface area contributed by atoms with Crippen LogP contribution in [0.2, 0.25) is 0 Å². The Balaban J connectivity index is 1.48. The average Bonchev–Trinajstić information content (AvgIpc) is 2.97. The third-order valence-electron chi connectivity index (χ3n) is 5.79. The number of carbonyl (C=O) groups excluding carboxylic acids is 3. The van der Waals surface area contributed by atoms with E-state index < -0.39 is 6.04 Å². The third kappa shape index (κ3) is 3.61. The van der Waals surface area contributed by atoms with E-state index in [1.807, 2.05) is 18.2 Å². The van der Waals surface area contributed by atoms with Gasteiger partial charge in [0.25, 0.3) is 5.91 Å². The predicted molar refractivity (Wildman–Crippen MR) is 99.8 cm³/mol. The maximum atomic E-state index is 13.1. The number of hydrogen-bond acceptors (Lipinski definition) is 5. The van der Waals surface area contributed by atoms with Gasteiger partial charge >= 0.3 is 0 Å². The molecule has 27 heavy (non-hydrogen) atoms. The van der Waals surface area contributed by atoms with Crippen LogP contribution >= 0.6 is 0 Å². The van der Waals surface area contributed by atoms with E-state index in [2.05, 4.69) is 22.9 Å². The van der Waals surface area contributed by atoms with Crippen LogP contribution in [0.3, 0.4) is 0 Å². The van der Waals surface area contributed by atoms with Crippen molar-refractivity contribution >= 4 is 17.7 Å². The first-order valence-electron chi connectivity index (χ1n) is 9.72. The molecule has 0 saturated carbocycles. The van der Waals surface area contributed by atoms with Gasteiger partial charge < -0.3 is 15.5 Å². The number of hydrogen-bond donors (Lipinski definition) is 3. The zero-order chi connectivity index (χ0) is 19.0. The fraction of sp³-hybridized carbons (Fsp3) is 0.550. The summed E-state index contributed by atoms with van der Waals surface area (Å²) in [4.78, 5) is 38.3. The maximum Gasteiger partial charge on any atom is 0.255 e. The number of benzene rings is 1. The van der Waals surface area contributed by atoms with Gasteiger partial charge in [0, 0.05) is 37.7 Å². The number of piperidine rings is 2. The zero-order valence-electron chi connectivity index (χ0n) is 15.6. The molecule has 3 N–H and O–H groups in total. The van der Waals surface area contributed by atoms with Crippen LogP contribution in [0.5, 0.6) is 0 Å². The van der Waals surface area contributed by atoms with Crippen LogP contribution in [0, 0.1) is 5.92 Å². The summed E-state index contributed by atoms with van der Waals surface area (Å²) >= 11 is 0. The van der Waals surface area contributed by atoms with E-state index >= 15 is 0 Å². The van der Waals surface area contributed by atoms with Crippen molar-refractivity contribution in [3.63, 3.8) is 0 Å². The van der Waals surface area contributed by atoms with Crippen molar-refractivity contribution < 1.29 is 14.4 Å². The van der Waals surface area contributed by atoms with Crippen LogP contribution < -0.4 is 16.0 Å². The summed E-state index contributed by atoms with van der Waals surface area (Å²) in [6, 6.07) is 5.74. The van der Waals surface area contributed by atoms with Crippen molar-refractivity contribution in [2.24, 2.45) is 5.92 Å². The lowest BCUT2D eigenvalue weighted by molar-refractivity contribution is -0.136. The van der Waals surface area contributed by atoms with Crippen LogP contribution in [-0.4, -0.2) is 47.8 Å². The molecule has 1 aromatic carbocycles. The van der Waals surface area contributed by atoms with E-state index in [1.54, 1.807) is 4.90 Å². The molecule has 4 rings (SSSR count). The highest BCUT2D eigenvalue weighted by Gasteiger charge is 2.39. The van der Waals surface area contributed by atoms with E-state index in [1.165, 1.54) is 0 Å². The first-order valence-corrected chi connectivity index (χ1v) is 9.72. The van der Waals surface area contributed by atoms with Gasteiger partial charge in [0.2, 0.25) is 11.8 Å². The standard InChI is InChI=1S/C20H26N4O3/c1-12-7-15(10-21-8-12)22-9-13-3-2-4-14-11-24(20(27)18(13)14)16-5-6-17(25)23-19(16)26/h2-4,12,15-16,21-22H,5-11H2,1H3,(H,23,25,26). The molecule has 1 aromatic rings. The van der Waals surface area contributed by atoms with Gasteiger partial charge in [-0.05, 0) is 36.4 Å². The molecule has 3 heterocycles. The molecule has 0 bridgehead atoms. The predicted octanol–water partition coefficient (Wildman–Crippen LogP) is 0.535. The Morgan fingerprint density at radius 1 is 1.22 bits per heavy atom. The molecule has 3 unspecified atom stereocenters. The smallest absolute Gasteiger partial charge is 0.255 e. The molecule has 3 aliphatic heterocycles. The molecular weight excluding hydrogens is 344 g/mol. The number of carbonyl (C=O) groups is 3. The number of amides is 3. The van der Waals surface area contributed by atoms with E-state index in [0.717, 1.165) is 30.6 Å². The van der Waals surface area contributed by atoms with Gasteiger partial charge in [0.15, 0.2) is 0 Å². The molecule has 3 atom stereocenters. The molecule has 144 valence electrons. The molecule has 2 fully saturated rings. The lowest BCUT2D eigenvalue weighted by Crippen LogP contribution is -2.52. The van der Waals surface area contributed by atoms with Gasteiger partial charge in [-0.2, -0.15) is 0 Å². The summed E-state index contributed by atoms with van der Waals surface area (Å²) in [5.74, 6) is -0.0932. The van der Waals surface area contributed by atoms with Crippen LogP contribution in [0.1, 0.15) is 47.7 Å². The normalized spacial score (nSPS) is 28.3. The van der Waals surface area contributed by atoms with Crippen molar-refractivity contribution in [2.45, 2.75) is 51.4 Å². The molecule has 0 radical (unpaired) electrons. The molecule has 3 aliphatic rings. The average molecular weight is 370 g/mol. The summed E-state index contributed by atoms with van der Waals surface area (Å²) < 4.78 is 0. The van der Waals surface area contributed by atoms with Gasteiger partial charge in [-0.15, -0.1) is 0 Å². The fourth-order valence-corrected chi connectivity index (χ4v) is 4.40. The molecule has 7 nitrogen and oxygen atoms in total. The van der Waals surface area contributed by atoms with Crippen LogP contribution in [0.25, 0.3) is 0 Å². The van der Waals surface area contributed by atoms with Crippen molar-refractivity contribution in [1.29, 1.82) is 0 Å². The molecular formula is C20H26N4O3. The van der Waals surface area contributed by atoms with Crippen molar-refractivity contribution in [1.82, 2.24) is 20.9 Å². The Morgan fingerprint density at radius 2 is 2.07 bits per heavy atom. The summed E-state index contributed by atoms with van der Waals surface area (Å²) in [6.07, 6.45) is 1.79. The topological polar surface area (TPSA) is 90.5 Å². The van der Waals surface area contributed by atoms with Crippen LogP contribution in [0.4, 0.5) is 0 Å². The van der Waals surface area contributed by atoms with E-state index in [4.69, 9.17) is 0 Å². The second-order valence-electron chi connectivity index (χ2n) is 7.93. The first kappa shape index (κ1) is 18.1. The Labute approximate surface area is 158 Å². The minimum atomic E-state index is -0.563. The zero-order valence-corrected chi connectivity index (χ0v) is 15.6. The summed E-state index contributed by atoms with van der Waals surface area (Å²) in [5.41, 5.74) is 2.65. The Kier molecular flexibility index (Phi) is 4.97. The first-order chi connectivity index (χ1) is 13.0. The van der Waals surface area contributed by atoms with Gasteiger partial charge in [-0.1, -0.05) is 25.1 Å². The minimum Gasteiger partial charge on any atom is -0.322 e. The highest BCUT2D eigenvalue weighted by Crippen LogP contribution is 2.30. The van der Waals surface area contributed by atoms with Gasteiger partial charge in [0.1, 0.15) is 6.04 Å². The van der Waals surface area contributed by atoms with Gasteiger partial charge in [-0.25, -0.2) is 0 Å². The van der Waals surface area contributed by atoms with E-state index in [-0.39, 0.29) is 24.1 Å². The lowest BCUT2D eigenvalue weighted by Gasteiger charge is -2.29. The molecule has 2 saturated heterocycles. The summed E-state index contributed by atoms with van der Waals surface area (Å²) in [6.45, 7) is 5.30. The monoisotopic (exact) mass is 370 g/mol. The van der Waals surface area contributed by atoms with Crippen LogP contribution in [-0.2, 0) is 22.7 Å². The fourth-order valence-electron chi connectivity index (χ4n) is 4.40. The molecule has 0 aromatic heterocycles. The maximum absolute atomic E-state index is 13.1. The molecule has 0 aliphatic carbocycles. The Hall–Kier alpha value is -2.25. The number of fused-ring (bicyclic) bond motifs is 1. The molecule has 3 amide bonds. The van der Waals surface area contributed by atoms with Crippen LogP contribution in [0.15, 0.2) is 18.2 Å². The molecule has 7 heteroatoms. The van der Waals surface area contributed by atoms with E-state index in [9.17, 15) is 14.4 Å². The van der Waals surface area contributed by atoms with Gasteiger partial charge in [-0.3, -0.25) is 19.7 Å².